The SMILES string of the molecule is CN1CCCCCCCCO[C@@H]2CN(C(=O)CC3CCCC3)C[C@H]2Oc2ccccc2C1=O. The normalized spacial score (nSPS) is 26.0. The summed E-state index contributed by atoms with van der Waals surface area (Å²) in [6.45, 7) is 2.55. The molecule has 4 rings (SSSR count). The maximum Gasteiger partial charge on any atom is 0.257 e. The van der Waals surface area contributed by atoms with Gasteiger partial charge in [-0.2, -0.15) is 0 Å². The lowest BCUT2D eigenvalue weighted by Gasteiger charge is -2.24. The van der Waals surface area contributed by atoms with Gasteiger partial charge in [0.05, 0.1) is 18.7 Å². The lowest BCUT2D eigenvalue weighted by molar-refractivity contribution is -0.131. The van der Waals surface area contributed by atoms with Crippen LogP contribution in [0, 0.1) is 5.92 Å². The summed E-state index contributed by atoms with van der Waals surface area (Å²) in [5, 5.41) is 0. The molecule has 2 atom stereocenters. The summed E-state index contributed by atoms with van der Waals surface area (Å²) in [5.41, 5.74) is 0.585. The van der Waals surface area contributed by atoms with E-state index >= 15 is 0 Å². The number of carbonyl (C=O) groups excluding carboxylic acids is 2. The van der Waals surface area contributed by atoms with E-state index in [4.69, 9.17) is 9.47 Å². The molecule has 1 saturated carbocycles. The molecule has 1 aliphatic carbocycles. The van der Waals surface area contributed by atoms with Crippen LogP contribution in [0.4, 0.5) is 0 Å². The highest BCUT2D eigenvalue weighted by Gasteiger charge is 2.38. The lowest BCUT2D eigenvalue weighted by Crippen LogP contribution is -2.34. The maximum atomic E-state index is 13.1. The summed E-state index contributed by atoms with van der Waals surface area (Å²) >= 11 is 0. The lowest BCUT2D eigenvalue weighted by atomic mass is 10.0. The second-order valence-corrected chi connectivity index (χ2v) is 10.1. The minimum atomic E-state index is -0.260. The monoisotopic (exact) mass is 456 g/mol. The first-order chi connectivity index (χ1) is 16.1. The van der Waals surface area contributed by atoms with Crippen molar-refractivity contribution in [2.75, 3.05) is 33.3 Å². The van der Waals surface area contributed by atoms with Crippen molar-refractivity contribution in [2.24, 2.45) is 5.92 Å². The number of fused-ring (bicyclic) bond motifs is 2. The average Bonchev–Trinajstić information content (AvgIpc) is 3.47. The third-order valence-electron chi connectivity index (χ3n) is 7.47. The number of ether oxygens (including phenoxy) is 2. The molecule has 0 radical (unpaired) electrons. The van der Waals surface area contributed by atoms with Crippen LogP contribution < -0.4 is 4.74 Å². The molecule has 1 saturated heterocycles. The predicted molar refractivity (Wildman–Crippen MR) is 128 cm³/mol. The molecule has 2 aliphatic heterocycles. The largest absolute Gasteiger partial charge is 0.485 e. The van der Waals surface area contributed by atoms with Crippen molar-refractivity contribution in [2.45, 2.75) is 82.8 Å². The van der Waals surface area contributed by atoms with Gasteiger partial charge in [0, 0.05) is 26.6 Å². The van der Waals surface area contributed by atoms with Crippen molar-refractivity contribution < 1.29 is 19.1 Å². The molecule has 0 bridgehead atoms. The molecular formula is C27H40N2O4. The standard InChI is InChI=1S/C27H40N2O4/c1-28-16-10-4-2-3-5-11-17-32-24-19-29(26(30)18-21-12-6-7-13-21)20-25(24)33-23-15-9-8-14-22(23)27(28)31/h8-9,14-15,21,24-25H,2-7,10-13,16-20H2,1H3/t24-,25-/m1/s1. The summed E-state index contributed by atoms with van der Waals surface area (Å²) in [6.07, 6.45) is 11.8. The number of amides is 2. The summed E-state index contributed by atoms with van der Waals surface area (Å²) in [7, 11) is 1.87. The highest BCUT2D eigenvalue weighted by molar-refractivity contribution is 5.96. The third-order valence-corrected chi connectivity index (χ3v) is 7.47. The van der Waals surface area contributed by atoms with Crippen molar-refractivity contribution in [3.05, 3.63) is 29.8 Å². The fourth-order valence-corrected chi connectivity index (χ4v) is 5.42. The molecule has 1 aromatic rings. The summed E-state index contributed by atoms with van der Waals surface area (Å²) < 4.78 is 12.7. The van der Waals surface area contributed by atoms with Crippen LogP contribution in [0.2, 0.25) is 0 Å². The van der Waals surface area contributed by atoms with E-state index in [1.807, 2.05) is 36.2 Å². The molecular weight excluding hydrogens is 416 g/mol. The minimum absolute atomic E-state index is 0.0117. The van der Waals surface area contributed by atoms with E-state index in [1.54, 1.807) is 4.90 Å². The fraction of sp³-hybridized carbons (Fsp3) is 0.704. The van der Waals surface area contributed by atoms with Crippen LogP contribution in [0.5, 0.6) is 5.75 Å². The van der Waals surface area contributed by atoms with Crippen LogP contribution in [-0.4, -0.2) is 67.1 Å². The molecule has 0 aromatic heterocycles. The van der Waals surface area contributed by atoms with Gasteiger partial charge in [-0.15, -0.1) is 0 Å². The zero-order valence-corrected chi connectivity index (χ0v) is 20.2. The first-order valence-electron chi connectivity index (χ1n) is 13.0. The Balaban J connectivity index is 1.49. The van der Waals surface area contributed by atoms with Gasteiger partial charge in [-0.25, -0.2) is 0 Å². The Bertz CT molecular complexity index is 792. The molecule has 6 nitrogen and oxygen atoms in total. The number of hydrogen-bond donors (Lipinski definition) is 0. The average molecular weight is 457 g/mol. The smallest absolute Gasteiger partial charge is 0.257 e. The van der Waals surface area contributed by atoms with Gasteiger partial charge in [-0.05, 0) is 43.7 Å². The second kappa shape index (κ2) is 11.9. The van der Waals surface area contributed by atoms with Crippen molar-refractivity contribution in [1.29, 1.82) is 0 Å². The molecule has 182 valence electrons. The van der Waals surface area contributed by atoms with Gasteiger partial charge in [0.15, 0.2) is 0 Å². The van der Waals surface area contributed by atoms with Crippen molar-refractivity contribution in [3.8, 4) is 5.75 Å². The zero-order valence-electron chi connectivity index (χ0n) is 20.2. The number of benzene rings is 1. The first kappa shape index (κ1) is 24.1. The molecule has 33 heavy (non-hydrogen) atoms. The van der Waals surface area contributed by atoms with Gasteiger partial charge in [0.25, 0.3) is 5.91 Å². The van der Waals surface area contributed by atoms with Crippen LogP contribution in [0.1, 0.15) is 81.0 Å². The highest BCUT2D eigenvalue weighted by atomic mass is 16.5. The Morgan fingerprint density at radius 1 is 0.939 bits per heavy atom. The predicted octanol–water partition coefficient (Wildman–Crippen LogP) is 4.67. The van der Waals surface area contributed by atoms with Crippen LogP contribution >= 0.6 is 0 Å². The first-order valence-corrected chi connectivity index (χ1v) is 13.0. The molecule has 2 heterocycles. The minimum Gasteiger partial charge on any atom is -0.485 e. The Labute approximate surface area is 198 Å². The quantitative estimate of drug-likeness (QED) is 0.649. The summed E-state index contributed by atoms with van der Waals surface area (Å²) in [6, 6.07) is 7.49. The van der Waals surface area contributed by atoms with E-state index in [2.05, 4.69) is 0 Å². The Hall–Kier alpha value is -2.08. The Morgan fingerprint density at radius 3 is 2.45 bits per heavy atom. The molecule has 0 spiro atoms. The van der Waals surface area contributed by atoms with Crippen molar-refractivity contribution in [1.82, 2.24) is 9.80 Å². The number of nitrogens with zero attached hydrogens (tertiary/aromatic N) is 2. The van der Waals surface area contributed by atoms with Gasteiger partial charge in [-0.1, -0.05) is 50.7 Å². The molecule has 0 unspecified atom stereocenters. The van der Waals surface area contributed by atoms with Gasteiger partial charge < -0.3 is 19.3 Å². The van der Waals surface area contributed by atoms with E-state index < -0.39 is 0 Å². The van der Waals surface area contributed by atoms with E-state index in [9.17, 15) is 9.59 Å². The second-order valence-electron chi connectivity index (χ2n) is 10.1. The van der Waals surface area contributed by atoms with Crippen LogP contribution in [0.25, 0.3) is 0 Å². The molecule has 6 heteroatoms. The van der Waals surface area contributed by atoms with Crippen molar-refractivity contribution in [3.63, 3.8) is 0 Å². The van der Waals surface area contributed by atoms with E-state index in [0.29, 0.717) is 43.3 Å². The molecule has 0 N–H and O–H groups in total. The summed E-state index contributed by atoms with van der Waals surface area (Å²) in [4.78, 5) is 29.9. The maximum absolute atomic E-state index is 13.1. The molecule has 3 aliphatic rings. The van der Waals surface area contributed by atoms with Gasteiger partial charge in [0.1, 0.15) is 18.0 Å². The van der Waals surface area contributed by atoms with E-state index in [1.165, 1.54) is 38.5 Å². The molecule has 1 aromatic carbocycles. The van der Waals surface area contributed by atoms with Gasteiger partial charge in [-0.3, -0.25) is 9.59 Å². The van der Waals surface area contributed by atoms with Gasteiger partial charge >= 0.3 is 0 Å². The highest BCUT2D eigenvalue weighted by Crippen LogP contribution is 2.30. The van der Waals surface area contributed by atoms with Crippen LogP contribution in [-0.2, 0) is 9.53 Å². The Morgan fingerprint density at radius 2 is 1.64 bits per heavy atom. The molecule has 2 fully saturated rings. The third kappa shape index (κ3) is 6.50. The Kier molecular flexibility index (Phi) is 8.65. The number of para-hydroxylation sites is 1. The fourth-order valence-electron chi connectivity index (χ4n) is 5.42. The van der Waals surface area contributed by atoms with Crippen LogP contribution in [0.3, 0.4) is 0 Å². The summed E-state index contributed by atoms with van der Waals surface area (Å²) in [5.74, 6) is 1.32. The number of likely N-dealkylation sites (tertiary alicyclic amines) is 1. The van der Waals surface area contributed by atoms with Crippen molar-refractivity contribution >= 4 is 11.8 Å². The van der Waals surface area contributed by atoms with E-state index in [0.717, 1.165) is 32.2 Å². The van der Waals surface area contributed by atoms with E-state index in [-0.39, 0.29) is 24.0 Å². The number of hydrogen-bond acceptors (Lipinski definition) is 4. The molecule has 2 amide bonds. The van der Waals surface area contributed by atoms with Gasteiger partial charge in [0.2, 0.25) is 5.91 Å². The number of rotatable bonds is 2. The van der Waals surface area contributed by atoms with Crippen LogP contribution in [0.15, 0.2) is 24.3 Å². The topological polar surface area (TPSA) is 59.1 Å². The number of carbonyl (C=O) groups is 2. The zero-order chi connectivity index (χ0) is 23.0.